The molecule has 0 aliphatic rings. The number of rotatable bonds is 8. The molecular formula is C22H23F4N5O2. The lowest BCUT2D eigenvalue weighted by Crippen LogP contribution is -2.49. The number of amides is 2. The lowest BCUT2D eigenvalue weighted by molar-refractivity contribution is -0.127. The van der Waals surface area contributed by atoms with Crippen molar-refractivity contribution in [2.24, 2.45) is 11.5 Å². The molecular weight excluding hydrogens is 442 g/mol. The first kappa shape index (κ1) is 25.8. The van der Waals surface area contributed by atoms with Gasteiger partial charge in [0, 0.05) is 11.3 Å². The van der Waals surface area contributed by atoms with E-state index in [-0.39, 0.29) is 5.56 Å². The number of benzene rings is 1. The van der Waals surface area contributed by atoms with Crippen LogP contribution in [0.2, 0.25) is 0 Å². The van der Waals surface area contributed by atoms with Crippen LogP contribution in [0.4, 0.5) is 23.2 Å². The second-order valence-electron chi connectivity index (χ2n) is 7.15. The molecule has 0 saturated heterocycles. The molecule has 0 radical (unpaired) electrons. The summed E-state index contributed by atoms with van der Waals surface area (Å²) in [6, 6.07) is 4.17. The average molecular weight is 465 g/mol. The Bertz CT molecular complexity index is 1040. The van der Waals surface area contributed by atoms with Gasteiger partial charge in [0.2, 0.25) is 11.8 Å². The highest BCUT2D eigenvalue weighted by atomic mass is 19.2. The second kappa shape index (κ2) is 11.9. The third-order valence-corrected chi connectivity index (χ3v) is 4.48. The molecule has 176 valence electrons. The minimum atomic E-state index is -1.80. The van der Waals surface area contributed by atoms with Gasteiger partial charge in [-0.05, 0) is 57.0 Å². The topological polar surface area (TPSA) is 123 Å². The van der Waals surface area contributed by atoms with Gasteiger partial charge in [0.05, 0.1) is 6.04 Å². The molecule has 7 nitrogen and oxygen atoms in total. The smallest absolute Gasteiger partial charge is 0.253 e. The fourth-order valence-electron chi connectivity index (χ4n) is 2.66. The van der Waals surface area contributed by atoms with Crippen molar-refractivity contribution in [3.8, 4) is 11.8 Å². The number of anilines is 1. The van der Waals surface area contributed by atoms with Crippen molar-refractivity contribution in [3.63, 3.8) is 0 Å². The molecule has 1 aromatic carbocycles. The number of pyridine rings is 1. The zero-order chi connectivity index (χ0) is 24.5. The Morgan fingerprint density at radius 1 is 1.00 bits per heavy atom. The zero-order valence-electron chi connectivity index (χ0n) is 17.7. The average Bonchev–Trinajstić information content (AvgIpc) is 2.78. The maximum absolute atomic E-state index is 13.6. The van der Waals surface area contributed by atoms with E-state index < -0.39 is 53.0 Å². The van der Waals surface area contributed by atoms with E-state index in [2.05, 4.69) is 21.5 Å². The minimum absolute atomic E-state index is 0.259. The van der Waals surface area contributed by atoms with Crippen LogP contribution in [0.15, 0.2) is 24.3 Å². The maximum atomic E-state index is 13.6. The summed E-state index contributed by atoms with van der Waals surface area (Å²) in [6.07, 6.45) is 1.66. The van der Waals surface area contributed by atoms with Gasteiger partial charge in [-0.25, -0.2) is 8.78 Å². The van der Waals surface area contributed by atoms with Crippen LogP contribution in [0.25, 0.3) is 0 Å². The number of hydrogen-bond donors (Lipinski definition) is 4. The van der Waals surface area contributed by atoms with E-state index in [4.69, 9.17) is 11.5 Å². The monoisotopic (exact) mass is 465 g/mol. The van der Waals surface area contributed by atoms with Crippen LogP contribution in [0.1, 0.15) is 37.3 Å². The molecule has 1 aromatic heterocycles. The number of carbonyl (C=O) groups excluding carboxylic acids is 2. The van der Waals surface area contributed by atoms with E-state index in [1.807, 2.05) is 5.92 Å². The van der Waals surface area contributed by atoms with Crippen LogP contribution in [-0.2, 0) is 9.59 Å². The Morgan fingerprint density at radius 2 is 1.61 bits per heavy atom. The lowest BCUT2D eigenvalue weighted by Gasteiger charge is -2.19. The standard InChI is InChI=1S/C22H23F4N5O2/c1-12(28)21(32)30-16(4-2-3-11-27)22(33)29-14-8-5-13(6-9-14)7-10-15-17(23)19(25)31-20(26)18(15)24/h5-6,8-9,12,16H,2-4,11,27-28H2,1H3,(H,29,33)(H,30,32). The van der Waals surface area contributed by atoms with Gasteiger partial charge in [-0.1, -0.05) is 11.8 Å². The first-order valence-electron chi connectivity index (χ1n) is 10.0. The molecule has 2 amide bonds. The lowest BCUT2D eigenvalue weighted by atomic mass is 10.1. The summed E-state index contributed by atoms with van der Waals surface area (Å²) >= 11 is 0. The van der Waals surface area contributed by atoms with Crippen molar-refractivity contribution < 1.29 is 27.2 Å². The van der Waals surface area contributed by atoms with Crippen molar-refractivity contribution in [3.05, 3.63) is 58.9 Å². The van der Waals surface area contributed by atoms with Gasteiger partial charge >= 0.3 is 0 Å². The maximum Gasteiger partial charge on any atom is 0.253 e. The van der Waals surface area contributed by atoms with E-state index >= 15 is 0 Å². The number of nitrogens with one attached hydrogen (secondary N) is 2. The first-order chi connectivity index (χ1) is 15.6. The van der Waals surface area contributed by atoms with E-state index in [1.165, 1.54) is 31.2 Å². The Labute approximate surface area is 187 Å². The number of nitrogens with two attached hydrogens (primary N) is 2. The second-order valence-corrected chi connectivity index (χ2v) is 7.15. The summed E-state index contributed by atoms with van der Waals surface area (Å²) in [5.41, 5.74) is 10.6. The number of unbranched alkanes of at least 4 members (excludes halogenated alkanes) is 1. The molecule has 2 unspecified atom stereocenters. The fraction of sp³-hybridized carbons (Fsp3) is 0.318. The van der Waals surface area contributed by atoms with Gasteiger partial charge in [0.25, 0.3) is 11.9 Å². The molecule has 2 aromatic rings. The molecule has 0 aliphatic heterocycles. The Hall–Kier alpha value is -3.49. The van der Waals surface area contributed by atoms with Crippen LogP contribution in [-0.4, -0.2) is 35.4 Å². The third kappa shape index (κ3) is 7.27. The molecule has 11 heteroatoms. The summed E-state index contributed by atoms with van der Waals surface area (Å²) in [4.78, 5) is 27.0. The van der Waals surface area contributed by atoms with E-state index in [0.717, 1.165) is 0 Å². The summed E-state index contributed by atoms with van der Waals surface area (Å²) in [7, 11) is 0. The molecule has 33 heavy (non-hydrogen) atoms. The van der Waals surface area contributed by atoms with E-state index in [0.29, 0.717) is 31.5 Å². The number of hydrogen-bond acceptors (Lipinski definition) is 5. The van der Waals surface area contributed by atoms with Crippen LogP contribution in [0.3, 0.4) is 0 Å². The number of nitrogens with zero attached hydrogens (tertiary/aromatic N) is 1. The molecule has 1 heterocycles. The molecule has 0 saturated carbocycles. The summed E-state index contributed by atoms with van der Waals surface area (Å²) < 4.78 is 53.6. The first-order valence-corrected chi connectivity index (χ1v) is 10.0. The Morgan fingerprint density at radius 3 is 2.15 bits per heavy atom. The fourth-order valence-corrected chi connectivity index (χ4v) is 2.66. The number of aromatic nitrogens is 1. The predicted molar refractivity (Wildman–Crippen MR) is 114 cm³/mol. The molecule has 0 aliphatic carbocycles. The van der Waals surface area contributed by atoms with Crippen molar-refractivity contribution >= 4 is 17.5 Å². The van der Waals surface area contributed by atoms with Crippen LogP contribution >= 0.6 is 0 Å². The highest BCUT2D eigenvalue weighted by Gasteiger charge is 2.22. The summed E-state index contributed by atoms with van der Waals surface area (Å²) in [6.45, 7) is 1.95. The van der Waals surface area contributed by atoms with Gasteiger partial charge in [-0.3, -0.25) is 9.59 Å². The van der Waals surface area contributed by atoms with Crippen LogP contribution in [0.5, 0.6) is 0 Å². The predicted octanol–water partition coefficient (Wildman–Crippen LogP) is 1.94. The summed E-state index contributed by atoms with van der Waals surface area (Å²) in [5.74, 6) is -3.50. The largest absolute Gasteiger partial charge is 0.343 e. The highest BCUT2D eigenvalue weighted by Crippen LogP contribution is 2.16. The number of halogens is 4. The van der Waals surface area contributed by atoms with Crippen molar-refractivity contribution in [1.29, 1.82) is 0 Å². The molecule has 6 N–H and O–H groups in total. The molecule has 0 fully saturated rings. The normalized spacial score (nSPS) is 12.3. The quantitative estimate of drug-likeness (QED) is 0.205. The minimum Gasteiger partial charge on any atom is -0.343 e. The Balaban J connectivity index is 2.13. The molecule has 0 bridgehead atoms. The molecule has 2 atom stereocenters. The molecule has 0 spiro atoms. The summed E-state index contributed by atoms with van der Waals surface area (Å²) in [5, 5.41) is 5.23. The molecule has 2 rings (SSSR count). The van der Waals surface area contributed by atoms with Crippen molar-refractivity contribution in [2.45, 2.75) is 38.3 Å². The van der Waals surface area contributed by atoms with Gasteiger partial charge in [-0.2, -0.15) is 13.8 Å². The van der Waals surface area contributed by atoms with Crippen molar-refractivity contribution in [1.82, 2.24) is 10.3 Å². The zero-order valence-corrected chi connectivity index (χ0v) is 17.7. The highest BCUT2D eigenvalue weighted by molar-refractivity contribution is 5.97. The van der Waals surface area contributed by atoms with E-state index in [1.54, 1.807) is 0 Å². The van der Waals surface area contributed by atoms with E-state index in [9.17, 15) is 27.2 Å². The number of carbonyl (C=O) groups is 2. The van der Waals surface area contributed by atoms with Crippen LogP contribution in [0, 0.1) is 35.4 Å². The van der Waals surface area contributed by atoms with Crippen molar-refractivity contribution in [2.75, 3.05) is 11.9 Å². The van der Waals surface area contributed by atoms with Gasteiger partial charge < -0.3 is 22.1 Å². The van der Waals surface area contributed by atoms with Crippen LogP contribution < -0.4 is 22.1 Å². The third-order valence-electron chi connectivity index (χ3n) is 4.48. The van der Waals surface area contributed by atoms with Gasteiger partial charge in [0.15, 0.2) is 11.6 Å². The Kier molecular flexibility index (Phi) is 9.32. The van der Waals surface area contributed by atoms with Gasteiger partial charge in [-0.15, -0.1) is 0 Å². The van der Waals surface area contributed by atoms with Gasteiger partial charge in [0.1, 0.15) is 11.6 Å². The SMILES string of the molecule is CC(N)C(=O)NC(CCCCN)C(=O)Nc1ccc(C#Cc2c(F)c(F)nc(F)c2F)cc1.